The standard InChI is InChI=1S/C25H29N3O4S/c1-16-19(14-27-23(30)21-6-5-11-33-21)18-7-10-28(15-17(18)13-26-16)24(31)20-12-22(29)32-25(20)8-3-2-4-9-25/h5-6,11,13,20H,2-4,7-10,12,14-15H2,1H3,(H,27,30). The lowest BCUT2D eigenvalue weighted by molar-refractivity contribution is -0.156. The van der Waals surface area contributed by atoms with Crippen LogP contribution in [0.1, 0.15) is 70.6 Å². The minimum atomic E-state index is -0.602. The van der Waals surface area contributed by atoms with E-state index in [4.69, 9.17) is 4.74 Å². The summed E-state index contributed by atoms with van der Waals surface area (Å²) in [5.41, 5.74) is 3.52. The molecule has 1 unspecified atom stereocenters. The van der Waals surface area contributed by atoms with E-state index < -0.39 is 5.60 Å². The van der Waals surface area contributed by atoms with Crippen molar-refractivity contribution >= 4 is 29.1 Å². The number of carbonyl (C=O) groups excluding carboxylic acids is 3. The number of carbonyl (C=O) groups is 3. The number of aryl methyl sites for hydroxylation is 1. The largest absolute Gasteiger partial charge is 0.458 e. The van der Waals surface area contributed by atoms with Gasteiger partial charge in [-0.2, -0.15) is 0 Å². The van der Waals surface area contributed by atoms with Crippen LogP contribution in [0.25, 0.3) is 0 Å². The lowest BCUT2D eigenvalue weighted by Gasteiger charge is -2.39. The highest BCUT2D eigenvalue weighted by Crippen LogP contribution is 2.45. The third kappa shape index (κ3) is 4.16. The minimum absolute atomic E-state index is 0.0292. The second-order valence-electron chi connectivity index (χ2n) is 9.35. The summed E-state index contributed by atoms with van der Waals surface area (Å²) in [5, 5.41) is 4.90. The molecule has 3 aliphatic rings. The van der Waals surface area contributed by atoms with Gasteiger partial charge in [-0.15, -0.1) is 11.3 Å². The van der Waals surface area contributed by atoms with E-state index in [0.717, 1.165) is 48.9 Å². The Morgan fingerprint density at radius 3 is 2.88 bits per heavy atom. The Hall–Kier alpha value is -2.74. The molecule has 7 nitrogen and oxygen atoms in total. The maximum atomic E-state index is 13.5. The van der Waals surface area contributed by atoms with Crippen molar-refractivity contribution in [1.29, 1.82) is 0 Å². The first kappa shape index (κ1) is 22.1. The number of hydrogen-bond donors (Lipinski definition) is 1. The molecule has 0 aromatic carbocycles. The van der Waals surface area contributed by atoms with Crippen LogP contribution in [0.5, 0.6) is 0 Å². The molecule has 2 aromatic rings. The van der Waals surface area contributed by atoms with Crippen molar-refractivity contribution in [3.63, 3.8) is 0 Å². The number of hydrogen-bond acceptors (Lipinski definition) is 6. The van der Waals surface area contributed by atoms with Gasteiger partial charge in [0.05, 0.1) is 17.2 Å². The first-order chi connectivity index (χ1) is 16.0. The Morgan fingerprint density at radius 2 is 2.12 bits per heavy atom. The van der Waals surface area contributed by atoms with Crippen molar-refractivity contribution in [2.75, 3.05) is 6.54 Å². The lowest BCUT2D eigenvalue weighted by Crippen LogP contribution is -2.48. The number of thiophene rings is 1. The van der Waals surface area contributed by atoms with Crippen LogP contribution < -0.4 is 5.32 Å². The maximum absolute atomic E-state index is 13.5. The quantitative estimate of drug-likeness (QED) is 0.695. The number of pyridine rings is 1. The number of nitrogens with one attached hydrogen (secondary N) is 1. The smallest absolute Gasteiger partial charge is 0.307 e. The van der Waals surface area contributed by atoms with Crippen LogP contribution in [-0.2, 0) is 33.8 Å². The first-order valence-electron chi connectivity index (χ1n) is 11.8. The van der Waals surface area contributed by atoms with Gasteiger partial charge in [-0.05, 0) is 67.2 Å². The Bertz CT molecular complexity index is 1080. The Kier molecular flexibility index (Phi) is 5.95. The molecule has 2 aliphatic heterocycles. The number of esters is 1. The Morgan fingerprint density at radius 1 is 1.30 bits per heavy atom. The van der Waals surface area contributed by atoms with Crippen LogP contribution >= 0.6 is 11.3 Å². The molecule has 1 spiro atoms. The van der Waals surface area contributed by atoms with Gasteiger partial charge in [0.25, 0.3) is 5.91 Å². The van der Waals surface area contributed by atoms with E-state index >= 15 is 0 Å². The third-order valence-electron chi connectivity index (χ3n) is 7.40. The van der Waals surface area contributed by atoms with Gasteiger partial charge < -0.3 is 15.0 Å². The van der Waals surface area contributed by atoms with Gasteiger partial charge in [-0.25, -0.2) is 0 Å². The number of ether oxygens (including phenoxy) is 1. The number of aromatic nitrogens is 1. The summed E-state index contributed by atoms with van der Waals surface area (Å²) in [5.74, 6) is -0.677. The van der Waals surface area contributed by atoms with Crippen LogP contribution in [0.3, 0.4) is 0 Å². The van der Waals surface area contributed by atoms with Crippen molar-refractivity contribution in [2.45, 2.75) is 70.6 Å². The maximum Gasteiger partial charge on any atom is 0.307 e. The number of fused-ring (bicyclic) bond motifs is 1. The second kappa shape index (κ2) is 8.89. The zero-order valence-electron chi connectivity index (χ0n) is 18.9. The highest BCUT2D eigenvalue weighted by atomic mass is 32.1. The van der Waals surface area contributed by atoms with E-state index in [-0.39, 0.29) is 30.1 Å². The molecule has 0 bridgehead atoms. The van der Waals surface area contributed by atoms with Crippen LogP contribution in [0, 0.1) is 12.8 Å². The average Bonchev–Trinajstić information content (AvgIpc) is 3.46. The molecule has 2 fully saturated rings. The normalized spacial score (nSPS) is 21.5. The molecule has 1 N–H and O–H groups in total. The zero-order chi connectivity index (χ0) is 23.0. The van der Waals surface area contributed by atoms with Gasteiger partial charge in [0.2, 0.25) is 5.91 Å². The molecule has 8 heteroatoms. The van der Waals surface area contributed by atoms with Crippen molar-refractivity contribution < 1.29 is 19.1 Å². The van der Waals surface area contributed by atoms with Crippen molar-refractivity contribution in [3.8, 4) is 0 Å². The van der Waals surface area contributed by atoms with Crippen molar-refractivity contribution in [3.05, 3.63) is 51.0 Å². The van der Waals surface area contributed by atoms with Gasteiger partial charge in [0, 0.05) is 31.5 Å². The molecular weight excluding hydrogens is 438 g/mol. The molecule has 1 saturated carbocycles. The highest BCUT2D eigenvalue weighted by molar-refractivity contribution is 7.12. The summed E-state index contributed by atoms with van der Waals surface area (Å²) in [7, 11) is 0. The molecule has 2 aromatic heterocycles. The fourth-order valence-corrected chi connectivity index (χ4v) is 6.27. The SMILES string of the molecule is Cc1ncc2c(c1CNC(=O)c1cccs1)CCN(C(=O)C1CC(=O)OC13CCCCC3)C2. The first-order valence-corrected chi connectivity index (χ1v) is 12.6. The highest BCUT2D eigenvalue weighted by Gasteiger charge is 2.54. The predicted molar refractivity (Wildman–Crippen MR) is 124 cm³/mol. The molecule has 1 atom stereocenters. The van der Waals surface area contributed by atoms with Gasteiger partial charge in [-0.1, -0.05) is 12.5 Å². The van der Waals surface area contributed by atoms with Gasteiger partial charge in [0.1, 0.15) is 5.60 Å². The molecule has 4 heterocycles. The van der Waals surface area contributed by atoms with Gasteiger partial charge in [0.15, 0.2) is 0 Å². The summed E-state index contributed by atoms with van der Waals surface area (Å²) in [6.07, 6.45) is 7.46. The van der Waals surface area contributed by atoms with E-state index in [1.807, 2.05) is 35.5 Å². The van der Waals surface area contributed by atoms with E-state index in [9.17, 15) is 14.4 Å². The molecule has 2 amide bonds. The topological polar surface area (TPSA) is 88.6 Å². The van der Waals surface area contributed by atoms with E-state index in [1.165, 1.54) is 16.9 Å². The minimum Gasteiger partial charge on any atom is -0.458 e. The monoisotopic (exact) mass is 467 g/mol. The fraction of sp³-hybridized carbons (Fsp3) is 0.520. The lowest BCUT2D eigenvalue weighted by atomic mass is 9.75. The van der Waals surface area contributed by atoms with Gasteiger partial charge >= 0.3 is 5.97 Å². The molecule has 1 saturated heterocycles. The van der Waals surface area contributed by atoms with Crippen LogP contribution in [0.15, 0.2) is 23.7 Å². The van der Waals surface area contributed by atoms with E-state index in [0.29, 0.717) is 30.9 Å². The van der Waals surface area contributed by atoms with Crippen molar-refractivity contribution in [2.24, 2.45) is 5.92 Å². The second-order valence-corrected chi connectivity index (χ2v) is 10.3. The average molecular weight is 468 g/mol. The summed E-state index contributed by atoms with van der Waals surface area (Å²) < 4.78 is 5.77. The van der Waals surface area contributed by atoms with E-state index in [1.54, 1.807) is 0 Å². The Balaban J connectivity index is 1.32. The zero-order valence-corrected chi connectivity index (χ0v) is 19.7. The molecular formula is C25H29N3O4S. The molecule has 5 rings (SSSR count). The number of amides is 2. The summed E-state index contributed by atoms with van der Waals surface area (Å²) in [6, 6.07) is 3.67. The Labute approximate surface area is 197 Å². The molecule has 174 valence electrons. The van der Waals surface area contributed by atoms with Gasteiger partial charge in [-0.3, -0.25) is 19.4 Å². The number of rotatable bonds is 4. The van der Waals surface area contributed by atoms with Crippen LogP contribution in [0.4, 0.5) is 0 Å². The van der Waals surface area contributed by atoms with E-state index in [2.05, 4.69) is 10.3 Å². The summed E-state index contributed by atoms with van der Waals surface area (Å²) >= 11 is 1.42. The fourth-order valence-electron chi connectivity index (χ4n) is 5.63. The number of nitrogens with zero attached hydrogens (tertiary/aromatic N) is 2. The van der Waals surface area contributed by atoms with Crippen LogP contribution in [0.2, 0.25) is 0 Å². The summed E-state index contributed by atoms with van der Waals surface area (Å²) in [4.78, 5) is 45.2. The predicted octanol–water partition coefficient (Wildman–Crippen LogP) is 3.53. The molecule has 0 radical (unpaired) electrons. The third-order valence-corrected chi connectivity index (χ3v) is 8.27. The molecule has 1 aliphatic carbocycles. The molecule has 33 heavy (non-hydrogen) atoms. The van der Waals surface area contributed by atoms with Crippen molar-refractivity contribution in [1.82, 2.24) is 15.2 Å². The van der Waals surface area contributed by atoms with Crippen LogP contribution in [-0.4, -0.2) is 39.8 Å². The summed E-state index contributed by atoms with van der Waals surface area (Å²) in [6.45, 7) is 3.45.